The number of aliphatic carboxylic acids is 1. The normalized spacial score (nSPS) is 15.6. The summed E-state index contributed by atoms with van der Waals surface area (Å²) in [6.07, 6.45) is 3.48. The van der Waals surface area contributed by atoms with Crippen molar-refractivity contribution in [1.29, 1.82) is 0 Å². The number of H-pyrrole nitrogens is 1. The monoisotopic (exact) mass is 341 g/mol. The van der Waals surface area contributed by atoms with Crippen molar-refractivity contribution in [2.45, 2.75) is 6.42 Å². The molecular weight excluding hydrogens is 326 g/mol. The maximum Gasteiger partial charge on any atom is 0.305 e. The molecule has 2 N–H and O–H groups in total. The highest BCUT2D eigenvalue weighted by molar-refractivity contribution is 8.18. The standard InChI is InChI=1S/C17H15N3O3S/c21-15(22)8-10-20(13-6-2-1-3-7-13)17-19-16(23)14(24-17)11-12-5-4-9-18-12/h1-7,9,11,18H,8,10H2,(H,21,22)/b14-11-. The van der Waals surface area contributed by atoms with Crippen LogP contribution in [0, 0.1) is 0 Å². The summed E-state index contributed by atoms with van der Waals surface area (Å²) in [7, 11) is 0. The van der Waals surface area contributed by atoms with Crippen LogP contribution in [0.3, 0.4) is 0 Å². The van der Waals surface area contributed by atoms with E-state index in [1.807, 2.05) is 42.5 Å². The molecule has 0 unspecified atom stereocenters. The minimum atomic E-state index is -0.895. The zero-order valence-corrected chi connectivity index (χ0v) is 13.5. The van der Waals surface area contributed by atoms with Gasteiger partial charge in [0.1, 0.15) is 0 Å². The Kier molecular flexibility index (Phi) is 4.81. The maximum atomic E-state index is 12.2. The summed E-state index contributed by atoms with van der Waals surface area (Å²) in [5, 5.41) is 9.46. The number of hydrogen-bond acceptors (Lipinski definition) is 4. The van der Waals surface area contributed by atoms with Gasteiger partial charge in [0.15, 0.2) is 5.17 Å². The zero-order valence-electron chi connectivity index (χ0n) is 12.7. The highest BCUT2D eigenvalue weighted by Gasteiger charge is 2.27. The molecular formula is C17H15N3O3S. The number of amides is 1. The van der Waals surface area contributed by atoms with Gasteiger partial charge < -0.3 is 15.0 Å². The number of nitrogens with one attached hydrogen (secondary N) is 1. The fourth-order valence-corrected chi connectivity index (χ4v) is 3.19. The number of aliphatic imine (C=N–C) groups is 1. The van der Waals surface area contributed by atoms with Crippen LogP contribution in [0.1, 0.15) is 12.1 Å². The summed E-state index contributed by atoms with van der Waals surface area (Å²) in [5.41, 5.74) is 1.62. The van der Waals surface area contributed by atoms with Crippen LogP contribution in [0.25, 0.3) is 6.08 Å². The fourth-order valence-electron chi connectivity index (χ4n) is 2.24. The Morgan fingerprint density at radius 2 is 2.04 bits per heavy atom. The lowest BCUT2D eigenvalue weighted by molar-refractivity contribution is -0.136. The summed E-state index contributed by atoms with van der Waals surface area (Å²) in [6, 6.07) is 13.0. The number of carbonyl (C=O) groups excluding carboxylic acids is 1. The van der Waals surface area contributed by atoms with E-state index < -0.39 is 5.97 Å². The number of carboxylic acid groups (broad SMARTS) is 1. The van der Waals surface area contributed by atoms with Crippen molar-refractivity contribution in [3.05, 3.63) is 59.3 Å². The average Bonchev–Trinajstić information content (AvgIpc) is 3.19. The predicted molar refractivity (Wildman–Crippen MR) is 94.8 cm³/mol. The molecule has 7 heteroatoms. The lowest BCUT2D eigenvalue weighted by atomic mass is 10.3. The first-order valence-electron chi connectivity index (χ1n) is 7.34. The molecule has 0 radical (unpaired) electrons. The molecule has 0 spiro atoms. The smallest absolute Gasteiger partial charge is 0.305 e. The Hall–Kier alpha value is -2.80. The van der Waals surface area contributed by atoms with E-state index in [2.05, 4.69) is 9.98 Å². The van der Waals surface area contributed by atoms with Crippen molar-refractivity contribution in [2.75, 3.05) is 11.4 Å². The Morgan fingerprint density at radius 3 is 2.71 bits per heavy atom. The van der Waals surface area contributed by atoms with Gasteiger partial charge in [-0.1, -0.05) is 18.2 Å². The number of benzene rings is 1. The molecule has 122 valence electrons. The van der Waals surface area contributed by atoms with Crippen LogP contribution < -0.4 is 4.90 Å². The van der Waals surface area contributed by atoms with E-state index in [0.29, 0.717) is 10.1 Å². The van der Waals surface area contributed by atoms with Gasteiger partial charge in [0, 0.05) is 24.1 Å². The van der Waals surface area contributed by atoms with Crippen molar-refractivity contribution >= 4 is 40.6 Å². The molecule has 0 fully saturated rings. The van der Waals surface area contributed by atoms with E-state index in [9.17, 15) is 9.59 Å². The highest BCUT2D eigenvalue weighted by atomic mass is 32.2. The molecule has 0 aliphatic carbocycles. The minimum Gasteiger partial charge on any atom is -0.481 e. The van der Waals surface area contributed by atoms with E-state index in [4.69, 9.17) is 5.11 Å². The first kappa shape index (κ1) is 16.1. The highest BCUT2D eigenvalue weighted by Crippen LogP contribution is 2.32. The molecule has 1 aromatic heterocycles. The first-order valence-corrected chi connectivity index (χ1v) is 8.15. The molecule has 3 rings (SSSR count). The zero-order chi connectivity index (χ0) is 16.9. The number of anilines is 1. The lowest BCUT2D eigenvalue weighted by Gasteiger charge is -2.22. The molecule has 1 aliphatic heterocycles. The van der Waals surface area contributed by atoms with E-state index >= 15 is 0 Å². The van der Waals surface area contributed by atoms with Gasteiger partial charge in [-0.2, -0.15) is 4.99 Å². The number of carbonyl (C=O) groups is 2. The maximum absolute atomic E-state index is 12.2. The first-order chi connectivity index (χ1) is 11.6. The Labute approximate surface area is 142 Å². The van der Waals surface area contributed by atoms with Crippen LogP contribution in [0.5, 0.6) is 0 Å². The van der Waals surface area contributed by atoms with Gasteiger partial charge in [-0.3, -0.25) is 9.59 Å². The molecule has 2 heterocycles. The van der Waals surface area contributed by atoms with Gasteiger partial charge >= 0.3 is 5.97 Å². The van der Waals surface area contributed by atoms with Crippen molar-refractivity contribution in [3.8, 4) is 0 Å². The Bertz CT molecular complexity index is 798. The topological polar surface area (TPSA) is 85.8 Å². The number of nitrogens with zero attached hydrogens (tertiary/aromatic N) is 2. The molecule has 6 nitrogen and oxygen atoms in total. The number of rotatable bonds is 5. The van der Waals surface area contributed by atoms with E-state index in [1.165, 1.54) is 11.8 Å². The summed E-state index contributed by atoms with van der Waals surface area (Å²) in [5.74, 6) is -1.21. The minimum absolute atomic E-state index is 0.0433. The van der Waals surface area contributed by atoms with E-state index in [-0.39, 0.29) is 18.9 Å². The molecule has 1 aromatic carbocycles. The number of para-hydroxylation sites is 1. The SMILES string of the molecule is O=C(O)CCN(C1=NC(=O)/C(=C/c2ccc[nH]2)S1)c1ccccc1. The second kappa shape index (κ2) is 7.18. The van der Waals surface area contributed by atoms with Crippen molar-refractivity contribution in [2.24, 2.45) is 4.99 Å². The largest absolute Gasteiger partial charge is 0.481 e. The number of thioether (sulfide) groups is 1. The molecule has 24 heavy (non-hydrogen) atoms. The van der Waals surface area contributed by atoms with Gasteiger partial charge in [0.05, 0.1) is 11.3 Å². The Morgan fingerprint density at radius 1 is 1.25 bits per heavy atom. The van der Waals surface area contributed by atoms with E-state index in [0.717, 1.165) is 11.4 Å². The molecule has 0 bridgehead atoms. The van der Waals surface area contributed by atoms with Gasteiger partial charge in [0.25, 0.3) is 5.91 Å². The summed E-state index contributed by atoms with van der Waals surface area (Å²) in [4.78, 5) is 32.5. The van der Waals surface area contributed by atoms with Gasteiger partial charge in [-0.15, -0.1) is 0 Å². The number of aromatic nitrogens is 1. The van der Waals surface area contributed by atoms with Crippen molar-refractivity contribution in [3.63, 3.8) is 0 Å². The van der Waals surface area contributed by atoms with Crippen LogP contribution in [0.4, 0.5) is 5.69 Å². The molecule has 2 aromatic rings. The number of carboxylic acids is 1. The lowest BCUT2D eigenvalue weighted by Crippen LogP contribution is -2.30. The molecule has 1 aliphatic rings. The molecule has 0 saturated heterocycles. The summed E-state index contributed by atoms with van der Waals surface area (Å²) in [6.45, 7) is 0.244. The summed E-state index contributed by atoms with van der Waals surface area (Å²) < 4.78 is 0. The molecule has 0 atom stereocenters. The van der Waals surface area contributed by atoms with E-state index in [1.54, 1.807) is 17.2 Å². The second-order valence-electron chi connectivity index (χ2n) is 5.07. The van der Waals surface area contributed by atoms with Crippen LogP contribution >= 0.6 is 11.8 Å². The summed E-state index contributed by atoms with van der Waals surface area (Å²) >= 11 is 1.25. The predicted octanol–water partition coefficient (Wildman–Crippen LogP) is 2.97. The van der Waals surface area contributed by atoms with Gasteiger partial charge in [-0.25, -0.2) is 0 Å². The third-order valence-corrected chi connectivity index (χ3v) is 4.37. The van der Waals surface area contributed by atoms with Crippen molar-refractivity contribution in [1.82, 2.24) is 4.98 Å². The third-order valence-electron chi connectivity index (χ3n) is 3.37. The van der Waals surface area contributed by atoms with Crippen LogP contribution in [-0.2, 0) is 9.59 Å². The second-order valence-corrected chi connectivity index (χ2v) is 6.08. The van der Waals surface area contributed by atoms with Crippen molar-refractivity contribution < 1.29 is 14.7 Å². The average molecular weight is 341 g/mol. The number of amidine groups is 1. The third kappa shape index (κ3) is 3.75. The molecule has 0 saturated carbocycles. The Balaban J connectivity index is 1.84. The quantitative estimate of drug-likeness (QED) is 0.817. The molecule has 1 amide bonds. The number of aromatic amines is 1. The van der Waals surface area contributed by atoms with Gasteiger partial charge in [0.2, 0.25) is 0 Å². The van der Waals surface area contributed by atoms with Crippen LogP contribution in [0.2, 0.25) is 0 Å². The van der Waals surface area contributed by atoms with Gasteiger partial charge in [-0.05, 0) is 42.1 Å². The number of hydrogen-bond donors (Lipinski definition) is 2. The fraction of sp³-hybridized carbons (Fsp3) is 0.118. The van der Waals surface area contributed by atoms with Crippen LogP contribution in [0.15, 0.2) is 58.6 Å². The van der Waals surface area contributed by atoms with Crippen LogP contribution in [-0.4, -0.2) is 33.7 Å².